The number of halogens is 3. The quantitative estimate of drug-likeness (QED) is 0.816. The Morgan fingerprint density at radius 1 is 1.22 bits per heavy atom. The molecule has 3 nitrogen and oxygen atoms in total. The zero-order valence-corrected chi connectivity index (χ0v) is 9.92. The van der Waals surface area contributed by atoms with Crippen molar-refractivity contribution in [3.05, 3.63) is 35.1 Å². The van der Waals surface area contributed by atoms with E-state index in [1.807, 2.05) is 0 Å². The zero-order chi connectivity index (χ0) is 13.7. The van der Waals surface area contributed by atoms with Crippen molar-refractivity contribution >= 4 is 5.91 Å². The zero-order valence-electron chi connectivity index (χ0n) is 9.92. The molecule has 0 radical (unpaired) electrons. The third-order valence-corrected chi connectivity index (χ3v) is 2.54. The molecule has 0 aliphatic heterocycles. The van der Waals surface area contributed by atoms with Crippen LogP contribution in [0.2, 0.25) is 0 Å². The summed E-state index contributed by atoms with van der Waals surface area (Å²) in [6, 6.07) is 1.09. The van der Waals surface area contributed by atoms with Gasteiger partial charge in [0.1, 0.15) is 5.82 Å². The maximum absolute atomic E-state index is 13.3. The first kappa shape index (κ1) is 14.5. The normalized spacial score (nSPS) is 10.5. The van der Waals surface area contributed by atoms with E-state index in [-0.39, 0.29) is 25.1 Å². The summed E-state index contributed by atoms with van der Waals surface area (Å²) in [5.74, 6) is -3.88. The third kappa shape index (κ3) is 3.46. The molecule has 6 heteroatoms. The standard InChI is InChI=1S/C12H14F3NO2/c1-2-16(3-4-17)12(18)6-8-5-10(14)11(15)7-9(8)13/h5,7,17H,2-4,6H2,1H3. The van der Waals surface area contributed by atoms with Gasteiger partial charge in [-0.1, -0.05) is 0 Å². The van der Waals surface area contributed by atoms with E-state index >= 15 is 0 Å². The Labute approximate surface area is 103 Å². The van der Waals surface area contributed by atoms with Crippen LogP contribution in [0.5, 0.6) is 0 Å². The van der Waals surface area contributed by atoms with E-state index in [9.17, 15) is 18.0 Å². The van der Waals surface area contributed by atoms with Crippen LogP contribution < -0.4 is 0 Å². The first-order chi connectivity index (χ1) is 8.49. The molecule has 0 bridgehead atoms. The molecule has 100 valence electrons. The molecule has 0 aliphatic rings. The highest BCUT2D eigenvalue weighted by Gasteiger charge is 2.16. The van der Waals surface area contributed by atoms with Gasteiger partial charge in [0.25, 0.3) is 0 Å². The van der Waals surface area contributed by atoms with Crippen LogP contribution in [-0.2, 0) is 11.2 Å². The number of likely N-dealkylation sites (N-methyl/N-ethyl adjacent to an activating group) is 1. The van der Waals surface area contributed by atoms with Gasteiger partial charge in [0.15, 0.2) is 11.6 Å². The minimum Gasteiger partial charge on any atom is -0.395 e. The number of rotatable bonds is 5. The van der Waals surface area contributed by atoms with E-state index in [2.05, 4.69) is 0 Å². The lowest BCUT2D eigenvalue weighted by Crippen LogP contribution is -2.34. The van der Waals surface area contributed by atoms with E-state index in [0.717, 1.165) is 0 Å². The lowest BCUT2D eigenvalue weighted by molar-refractivity contribution is -0.130. The highest BCUT2D eigenvalue weighted by Crippen LogP contribution is 2.15. The van der Waals surface area contributed by atoms with Crippen molar-refractivity contribution < 1.29 is 23.1 Å². The minimum atomic E-state index is -1.29. The summed E-state index contributed by atoms with van der Waals surface area (Å²) >= 11 is 0. The number of benzene rings is 1. The van der Waals surface area contributed by atoms with E-state index in [0.29, 0.717) is 18.7 Å². The summed E-state index contributed by atoms with van der Waals surface area (Å²) < 4.78 is 39.0. The van der Waals surface area contributed by atoms with Crippen LogP contribution >= 0.6 is 0 Å². The summed E-state index contributed by atoms with van der Waals surface area (Å²) in [4.78, 5) is 13.0. The van der Waals surface area contributed by atoms with Crippen molar-refractivity contribution in [3.8, 4) is 0 Å². The van der Waals surface area contributed by atoms with Gasteiger partial charge in [-0.25, -0.2) is 13.2 Å². The Bertz CT molecular complexity index is 438. The van der Waals surface area contributed by atoms with Crippen molar-refractivity contribution in [2.24, 2.45) is 0 Å². The molecule has 0 fully saturated rings. The Morgan fingerprint density at radius 3 is 2.39 bits per heavy atom. The summed E-state index contributed by atoms with van der Waals surface area (Å²) in [5.41, 5.74) is -0.199. The molecule has 18 heavy (non-hydrogen) atoms. The van der Waals surface area contributed by atoms with Crippen LogP contribution in [0.25, 0.3) is 0 Å². The van der Waals surface area contributed by atoms with Crippen LogP contribution in [0.4, 0.5) is 13.2 Å². The largest absolute Gasteiger partial charge is 0.395 e. The van der Waals surface area contributed by atoms with Crippen molar-refractivity contribution in [3.63, 3.8) is 0 Å². The van der Waals surface area contributed by atoms with Crippen molar-refractivity contribution in [2.75, 3.05) is 19.7 Å². The number of aliphatic hydroxyl groups excluding tert-OH is 1. The van der Waals surface area contributed by atoms with Crippen LogP contribution in [-0.4, -0.2) is 35.6 Å². The maximum Gasteiger partial charge on any atom is 0.227 e. The lowest BCUT2D eigenvalue weighted by atomic mass is 10.1. The summed E-state index contributed by atoms with van der Waals surface area (Å²) in [7, 11) is 0. The second kappa shape index (κ2) is 6.39. The smallest absolute Gasteiger partial charge is 0.227 e. The van der Waals surface area contributed by atoms with Crippen LogP contribution in [0, 0.1) is 17.5 Å². The number of hydrogen-bond donors (Lipinski definition) is 1. The van der Waals surface area contributed by atoms with Crippen molar-refractivity contribution in [1.29, 1.82) is 0 Å². The van der Waals surface area contributed by atoms with Gasteiger partial charge < -0.3 is 10.0 Å². The molecule has 0 heterocycles. The summed E-state index contributed by atoms with van der Waals surface area (Å²) in [6.07, 6.45) is -0.364. The fraction of sp³-hybridized carbons (Fsp3) is 0.417. The molecule has 0 saturated heterocycles. The van der Waals surface area contributed by atoms with Crippen LogP contribution in [0.1, 0.15) is 12.5 Å². The van der Waals surface area contributed by atoms with Crippen molar-refractivity contribution in [2.45, 2.75) is 13.3 Å². The SMILES string of the molecule is CCN(CCO)C(=O)Cc1cc(F)c(F)cc1F. The van der Waals surface area contributed by atoms with Gasteiger partial charge in [-0.05, 0) is 13.0 Å². The third-order valence-electron chi connectivity index (χ3n) is 2.54. The second-order valence-corrected chi connectivity index (χ2v) is 3.73. The highest BCUT2D eigenvalue weighted by molar-refractivity contribution is 5.78. The first-order valence-corrected chi connectivity index (χ1v) is 5.51. The van der Waals surface area contributed by atoms with E-state index in [1.165, 1.54) is 4.90 Å². The molecule has 0 aliphatic carbocycles. The van der Waals surface area contributed by atoms with Gasteiger partial charge in [0, 0.05) is 24.7 Å². The van der Waals surface area contributed by atoms with Gasteiger partial charge in [0.2, 0.25) is 5.91 Å². The Hall–Kier alpha value is -1.56. The van der Waals surface area contributed by atoms with E-state index in [4.69, 9.17) is 5.11 Å². The Morgan fingerprint density at radius 2 is 1.83 bits per heavy atom. The molecular formula is C12H14F3NO2. The predicted molar refractivity (Wildman–Crippen MR) is 59.4 cm³/mol. The molecule has 1 N–H and O–H groups in total. The number of carbonyl (C=O) groups is 1. The maximum atomic E-state index is 13.3. The van der Waals surface area contributed by atoms with Gasteiger partial charge >= 0.3 is 0 Å². The van der Waals surface area contributed by atoms with Crippen LogP contribution in [0.3, 0.4) is 0 Å². The molecule has 1 aromatic rings. The van der Waals surface area contributed by atoms with Crippen LogP contribution in [0.15, 0.2) is 12.1 Å². The van der Waals surface area contributed by atoms with E-state index in [1.54, 1.807) is 6.92 Å². The molecule has 1 aromatic carbocycles. The van der Waals surface area contributed by atoms with Gasteiger partial charge in [-0.3, -0.25) is 4.79 Å². The second-order valence-electron chi connectivity index (χ2n) is 3.73. The topological polar surface area (TPSA) is 40.5 Å². The van der Waals surface area contributed by atoms with Gasteiger partial charge in [0.05, 0.1) is 13.0 Å². The monoisotopic (exact) mass is 261 g/mol. The molecule has 0 saturated carbocycles. The molecular weight excluding hydrogens is 247 g/mol. The fourth-order valence-electron chi connectivity index (χ4n) is 1.55. The molecule has 0 spiro atoms. The summed E-state index contributed by atoms with van der Waals surface area (Å²) in [6.45, 7) is 1.97. The molecule has 0 aromatic heterocycles. The molecule has 0 atom stereocenters. The minimum absolute atomic E-state index is 0.126. The lowest BCUT2D eigenvalue weighted by Gasteiger charge is -2.19. The number of aliphatic hydroxyl groups is 1. The average molecular weight is 261 g/mol. The number of amides is 1. The Balaban J connectivity index is 2.84. The molecule has 0 unspecified atom stereocenters. The fourth-order valence-corrected chi connectivity index (χ4v) is 1.55. The van der Waals surface area contributed by atoms with Crippen molar-refractivity contribution in [1.82, 2.24) is 4.90 Å². The number of nitrogens with zero attached hydrogens (tertiary/aromatic N) is 1. The van der Waals surface area contributed by atoms with E-state index < -0.39 is 23.4 Å². The average Bonchev–Trinajstić information content (AvgIpc) is 2.32. The Kier molecular flexibility index (Phi) is 5.15. The predicted octanol–water partition coefficient (Wildman–Crippen LogP) is 1.49. The first-order valence-electron chi connectivity index (χ1n) is 5.51. The molecule has 1 amide bonds. The number of hydrogen-bond acceptors (Lipinski definition) is 2. The summed E-state index contributed by atoms with van der Waals surface area (Å²) in [5, 5.41) is 8.74. The number of carbonyl (C=O) groups excluding carboxylic acids is 1. The highest BCUT2D eigenvalue weighted by atomic mass is 19.2. The van der Waals surface area contributed by atoms with Gasteiger partial charge in [-0.2, -0.15) is 0 Å². The molecule has 1 rings (SSSR count). The van der Waals surface area contributed by atoms with Gasteiger partial charge in [-0.15, -0.1) is 0 Å².